The first kappa shape index (κ1) is 16.7. The number of carboxylic acids is 1. The van der Waals surface area contributed by atoms with E-state index in [0.29, 0.717) is 0 Å². The molecule has 1 aliphatic rings. The first-order valence-corrected chi connectivity index (χ1v) is 7.68. The van der Waals surface area contributed by atoms with Gasteiger partial charge >= 0.3 is 5.97 Å². The summed E-state index contributed by atoms with van der Waals surface area (Å²) in [7, 11) is 0. The van der Waals surface area contributed by atoms with Gasteiger partial charge in [-0.1, -0.05) is 34.9 Å². The van der Waals surface area contributed by atoms with Crippen molar-refractivity contribution < 1.29 is 9.90 Å². The van der Waals surface area contributed by atoms with Crippen LogP contribution in [0.5, 0.6) is 0 Å². The molecule has 1 atom stereocenters. The number of carboxylic acid groups (broad SMARTS) is 1. The summed E-state index contributed by atoms with van der Waals surface area (Å²) in [5.41, 5.74) is 4.15. The molecule has 0 aromatic heterocycles. The van der Waals surface area contributed by atoms with Gasteiger partial charge in [0.25, 0.3) is 0 Å². The number of hydrogen-bond donors (Lipinski definition) is 1. The van der Waals surface area contributed by atoms with Crippen LogP contribution in [0.25, 0.3) is 0 Å². The molecule has 1 unspecified atom stereocenters. The molecule has 0 saturated heterocycles. The first-order valence-electron chi connectivity index (χ1n) is 7.68. The molecule has 0 heterocycles. The van der Waals surface area contributed by atoms with Gasteiger partial charge in [-0.05, 0) is 65.7 Å². The second kappa shape index (κ2) is 8.78. The minimum absolute atomic E-state index is 0.155. The Hall–Kier alpha value is -1.31. The van der Waals surface area contributed by atoms with E-state index in [1.54, 1.807) is 0 Å². The van der Waals surface area contributed by atoms with E-state index in [-0.39, 0.29) is 5.92 Å². The molecule has 1 aliphatic carbocycles. The lowest BCUT2D eigenvalue weighted by Gasteiger charge is -2.18. The quantitative estimate of drug-likeness (QED) is 0.643. The Morgan fingerprint density at radius 2 is 2.05 bits per heavy atom. The summed E-state index contributed by atoms with van der Waals surface area (Å²) < 4.78 is 0. The lowest BCUT2D eigenvalue weighted by Crippen LogP contribution is -2.16. The van der Waals surface area contributed by atoms with Gasteiger partial charge in [0, 0.05) is 0 Å². The molecule has 2 nitrogen and oxygen atoms in total. The molecule has 0 fully saturated rings. The maximum atomic E-state index is 11.0. The predicted octanol–water partition coefficient (Wildman–Crippen LogP) is 5.27. The smallest absolute Gasteiger partial charge is 0.306 e. The van der Waals surface area contributed by atoms with Crippen LogP contribution in [0, 0.1) is 5.92 Å². The van der Waals surface area contributed by atoms with Gasteiger partial charge in [0.1, 0.15) is 0 Å². The van der Waals surface area contributed by atoms with E-state index in [9.17, 15) is 4.79 Å². The van der Waals surface area contributed by atoms with Crippen LogP contribution in [0.2, 0.25) is 0 Å². The second-order valence-corrected chi connectivity index (χ2v) is 6.09. The summed E-state index contributed by atoms with van der Waals surface area (Å²) in [6.07, 6.45) is 13.6. The largest absolute Gasteiger partial charge is 0.481 e. The van der Waals surface area contributed by atoms with Gasteiger partial charge in [-0.3, -0.25) is 4.79 Å². The van der Waals surface area contributed by atoms with Gasteiger partial charge in [0.15, 0.2) is 0 Å². The molecular formula is C18H28O2. The SMILES string of the molecule is CC(C)=CCCC(C)=CCCC1=CCCC(C(=O)O)C1. The van der Waals surface area contributed by atoms with Crippen LogP contribution in [0.1, 0.15) is 65.7 Å². The molecule has 0 aromatic carbocycles. The maximum absolute atomic E-state index is 11.0. The normalized spacial score (nSPS) is 19.4. The fourth-order valence-corrected chi connectivity index (χ4v) is 2.60. The standard InChI is InChI=1S/C18H28O2/c1-14(2)7-4-8-15(3)9-5-10-16-11-6-12-17(13-16)18(19)20/h7,9,11,17H,4-6,8,10,12-13H2,1-3H3,(H,19,20). The third kappa shape index (κ3) is 6.74. The van der Waals surface area contributed by atoms with Crippen molar-refractivity contribution in [3.63, 3.8) is 0 Å². The lowest BCUT2D eigenvalue weighted by atomic mass is 9.87. The monoisotopic (exact) mass is 276 g/mol. The Balaban J connectivity index is 2.31. The molecular weight excluding hydrogens is 248 g/mol. The fourth-order valence-electron chi connectivity index (χ4n) is 2.60. The van der Waals surface area contributed by atoms with Gasteiger partial charge in [0.05, 0.1) is 5.92 Å². The average Bonchev–Trinajstić information content (AvgIpc) is 2.38. The average molecular weight is 276 g/mol. The molecule has 0 saturated carbocycles. The number of aliphatic carboxylic acids is 1. The molecule has 20 heavy (non-hydrogen) atoms. The number of hydrogen-bond acceptors (Lipinski definition) is 1. The summed E-state index contributed by atoms with van der Waals surface area (Å²) in [4.78, 5) is 11.0. The van der Waals surface area contributed by atoms with Crippen molar-refractivity contribution in [2.45, 2.75) is 65.7 Å². The van der Waals surface area contributed by atoms with E-state index in [2.05, 4.69) is 39.0 Å². The van der Waals surface area contributed by atoms with Gasteiger partial charge in [0.2, 0.25) is 0 Å². The number of allylic oxidation sites excluding steroid dienone is 6. The highest BCUT2D eigenvalue weighted by Gasteiger charge is 2.21. The van der Waals surface area contributed by atoms with Crippen LogP contribution in [-0.2, 0) is 4.79 Å². The van der Waals surface area contributed by atoms with Crippen LogP contribution >= 0.6 is 0 Å². The highest BCUT2D eigenvalue weighted by molar-refractivity contribution is 5.70. The van der Waals surface area contributed by atoms with Crippen molar-refractivity contribution in [1.82, 2.24) is 0 Å². The Kier molecular flexibility index (Phi) is 7.35. The molecule has 0 spiro atoms. The number of rotatable bonds is 7. The summed E-state index contributed by atoms with van der Waals surface area (Å²) in [6.45, 7) is 6.45. The van der Waals surface area contributed by atoms with Crippen molar-refractivity contribution >= 4 is 5.97 Å². The van der Waals surface area contributed by atoms with Crippen LogP contribution < -0.4 is 0 Å². The van der Waals surface area contributed by atoms with Crippen molar-refractivity contribution in [3.8, 4) is 0 Å². The maximum Gasteiger partial charge on any atom is 0.306 e. The second-order valence-electron chi connectivity index (χ2n) is 6.09. The Morgan fingerprint density at radius 3 is 2.70 bits per heavy atom. The van der Waals surface area contributed by atoms with E-state index in [1.165, 1.54) is 16.7 Å². The van der Waals surface area contributed by atoms with Crippen molar-refractivity contribution in [1.29, 1.82) is 0 Å². The minimum atomic E-state index is -0.635. The molecule has 0 amide bonds. The van der Waals surface area contributed by atoms with E-state index < -0.39 is 5.97 Å². The molecule has 1 N–H and O–H groups in total. The van der Waals surface area contributed by atoms with E-state index in [0.717, 1.165) is 44.9 Å². The van der Waals surface area contributed by atoms with Crippen LogP contribution in [0.15, 0.2) is 34.9 Å². The fraction of sp³-hybridized carbons (Fsp3) is 0.611. The zero-order valence-electron chi connectivity index (χ0n) is 13.1. The van der Waals surface area contributed by atoms with Gasteiger partial charge in [-0.15, -0.1) is 0 Å². The number of carbonyl (C=O) groups is 1. The van der Waals surface area contributed by atoms with E-state index in [4.69, 9.17) is 5.11 Å². The summed E-state index contributed by atoms with van der Waals surface area (Å²) in [6, 6.07) is 0. The Labute approximate surface area is 123 Å². The Morgan fingerprint density at radius 1 is 1.30 bits per heavy atom. The highest BCUT2D eigenvalue weighted by atomic mass is 16.4. The Bertz CT molecular complexity index is 409. The molecule has 2 heteroatoms. The van der Waals surface area contributed by atoms with Gasteiger partial charge in [-0.2, -0.15) is 0 Å². The first-order chi connectivity index (χ1) is 9.49. The van der Waals surface area contributed by atoms with Crippen molar-refractivity contribution in [3.05, 3.63) is 34.9 Å². The van der Waals surface area contributed by atoms with E-state index >= 15 is 0 Å². The third-order valence-corrected chi connectivity index (χ3v) is 3.86. The zero-order valence-corrected chi connectivity index (χ0v) is 13.1. The van der Waals surface area contributed by atoms with Crippen molar-refractivity contribution in [2.75, 3.05) is 0 Å². The summed E-state index contributed by atoms with van der Waals surface area (Å²) >= 11 is 0. The van der Waals surface area contributed by atoms with Crippen LogP contribution in [-0.4, -0.2) is 11.1 Å². The minimum Gasteiger partial charge on any atom is -0.481 e. The topological polar surface area (TPSA) is 37.3 Å². The van der Waals surface area contributed by atoms with E-state index in [1.807, 2.05) is 0 Å². The van der Waals surface area contributed by atoms with Gasteiger partial charge in [-0.25, -0.2) is 0 Å². The summed E-state index contributed by atoms with van der Waals surface area (Å²) in [5, 5.41) is 9.07. The highest BCUT2D eigenvalue weighted by Crippen LogP contribution is 2.27. The van der Waals surface area contributed by atoms with Gasteiger partial charge < -0.3 is 5.11 Å². The van der Waals surface area contributed by atoms with Crippen molar-refractivity contribution in [2.24, 2.45) is 5.92 Å². The molecule has 1 rings (SSSR count). The molecule has 112 valence electrons. The van der Waals surface area contributed by atoms with Crippen LogP contribution in [0.3, 0.4) is 0 Å². The molecule has 0 radical (unpaired) electrons. The molecule has 0 aliphatic heterocycles. The summed E-state index contributed by atoms with van der Waals surface area (Å²) in [5.74, 6) is -0.790. The predicted molar refractivity (Wildman–Crippen MR) is 84.7 cm³/mol. The molecule has 0 aromatic rings. The third-order valence-electron chi connectivity index (χ3n) is 3.86. The zero-order chi connectivity index (χ0) is 15.0. The lowest BCUT2D eigenvalue weighted by molar-refractivity contribution is -0.142. The van der Waals surface area contributed by atoms with Crippen LogP contribution in [0.4, 0.5) is 0 Å². The molecule has 0 bridgehead atoms.